The Morgan fingerprint density at radius 3 is 2.54 bits per heavy atom. The Balaban J connectivity index is 1.23. The van der Waals surface area contributed by atoms with E-state index in [0.29, 0.717) is 28.1 Å². The summed E-state index contributed by atoms with van der Waals surface area (Å²) in [6.45, 7) is 4.66. The largest absolute Gasteiger partial charge is 0.393 e. The average molecular weight is 716 g/mol. The van der Waals surface area contributed by atoms with Crippen LogP contribution in [0.15, 0.2) is 95.6 Å². The Labute approximate surface area is 302 Å². The van der Waals surface area contributed by atoms with Crippen LogP contribution >= 0.6 is 0 Å². The van der Waals surface area contributed by atoms with Gasteiger partial charge in [-0.2, -0.15) is 0 Å². The number of aliphatic hydroxyl groups excluding tert-OH is 1. The number of H-pyrrole nitrogens is 1. The highest BCUT2D eigenvalue weighted by Gasteiger charge is 2.45. The van der Waals surface area contributed by atoms with Crippen molar-refractivity contribution >= 4 is 43.4 Å². The molecule has 10 nitrogen and oxygen atoms in total. The van der Waals surface area contributed by atoms with Gasteiger partial charge in [-0.3, -0.25) is 4.79 Å². The minimum Gasteiger partial charge on any atom is -0.393 e. The van der Waals surface area contributed by atoms with Crippen LogP contribution in [0.25, 0.3) is 27.4 Å². The van der Waals surface area contributed by atoms with Crippen molar-refractivity contribution in [2.45, 2.75) is 62.4 Å². The number of aliphatic hydroxyl groups is 1. The number of aromatic amines is 1. The van der Waals surface area contributed by atoms with Crippen molar-refractivity contribution in [2.24, 2.45) is 5.92 Å². The zero-order chi connectivity index (χ0) is 36.3. The predicted molar refractivity (Wildman–Crippen MR) is 203 cm³/mol. The molecule has 266 valence electrons. The summed E-state index contributed by atoms with van der Waals surface area (Å²) in [6.07, 6.45) is 16.2. The summed E-state index contributed by atoms with van der Waals surface area (Å²) in [5, 5.41) is 12.6. The summed E-state index contributed by atoms with van der Waals surface area (Å²) in [6, 6.07) is 19.1. The van der Waals surface area contributed by atoms with E-state index in [1.54, 1.807) is 19.1 Å². The van der Waals surface area contributed by atoms with Crippen molar-refractivity contribution in [3.05, 3.63) is 118 Å². The molecule has 8 rings (SSSR count). The molecule has 2 atom stereocenters. The van der Waals surface area contributed by atoms with Gasteiger partial charge in [0.25, 0.3) is 5.56 Å². The van der Waals surface area contributed by atoms with E-state index in [4.69, 9.17) is 21.1 Å². The SMILES string of the molecule is C#CC1CCN(c2nc(C(CO)(OC3CC3)c3ccccc3)c3cc(C4=CCC(C)(S(=O)(=O)n5ccc6cc[nH]c(=O)c65)C(C)=C4)ccc3n2)CC1. The smallest absolute Gasteiger partial charge is 0.273 e. The normalized spacial score (nSPS) is 21.1. The molecule has 3 aliphatic rings. The van der Waals surface area contributed by atoms with Gasteiger partial charge in [-0.1, -0.05) is 48.6 Å². The number of terminal acetylenes is 1. The second-order valence-electron chi connectivity index (χ2n) is 14.3. The van der Waals surface area contributed by atoms with E-state index in [-0.39, 0.29) is 30.6 Å². The maximum absolute atomic E-state index is 14.3. The fourth-order valence-corrected chi connectivity index (χ4v) is 9.38. The lowest BCUT2D eigenvalue weighted by Crippen LogP contribution is -2.41. The number of fused-ring (bicyclic) bond motifs is 2. The monoisotopic (exact) mass is 715 g/mol. The average Bonchev–Trinajstić information content (AvgIpc) is 3.88. The fourth-order valence-electron chi connectivity index (χ4n) is 7.54. The number of nitrogens with one attached hydrogen (secondary N) is 1. The number of hydrogen-bond donors (Lipinski definition) is 2. The first-order valence-corrected chi connectivity index (χ1v) is 19.2. The summed E-state index contributed by atoms with van der Waals surface area (Å²) in [7, 11) is -4.04. The molecule has 1 saturated carbocycles. The number of piperidine rings is 1. The molecular weight excluding hydrogens is 675 g/mol. The topological polar surface area (TPSA) is 130 Å². The Morgan fingerprint density at radius 1 is 1.08 bits per heavy atom. The third kappa shape index (κ3) is 5.57. The third-order valence-electron chi connectivity index (χ3n) is 11.1. The highest BCUT2D eigenvalue weighted by Crippen LogP contribution is 2.44. The number of nitrogens with zero attached hydrogens (tertiary/aromatic N) is 4. The molecule has 2 unspecified atom stereocenters. The van der Waals surface area contributed by atoms with E-state index in [0.717, 1.165) is 64.8 Å². The van der Waals surface area contributed by atoms with Gasteiger partial charge in [0.05, 0.1) is 23.9 Å². The van der Waals surface area contributed by atoms with E-state index in [9.17, 15) is 18.3 Å². The van der Waals surface area contributed by atoms with Crippen molar-refractivity contribution in [1.29, 1.82) is 0 Å². The van der Waals surface area contributed by atoms with Crippen LogP contribution in [-0.4, -0.2) is 63.0 Å². The van der Waals surface area contributed by atoms with Crippen LogP contribution in [0.3, 0.4) is 0 Å². The van der Waals surface area contributed by atoms with Gasteiger partial charge < -0.3 is 19.7 Å². The lowest BCUT2D eigenvalue weighted by atomic mass is 9.85. The first-order valence-electron chi connectivity index (χ1n) is 17.8. The lowest BCUT2D eigenvalue weighted by molar-refractivity contribution is -0.0672. The minimum atomic E-state index is -4.04. The van der Waals surface area contributed by atoms with Crippen LogP contribution in [0.1, 0.15) is 62.8 Å². The molecule has 2 fully saturated rings. The molecule has 4 heterocycles. The quantitative estimate of drug-likeness (QED) is 0.180. The zero-order valence-corrected chi connectivity index (χ0v) is 30.1. The van der Waals surface area contributed by atoms with Crippen molar-refractivity contribution < 1.29 is 18.3 Å². The third-order valence-corrected chi connectivity index (χ3v) is 13.5. The molecule has 0 radical (unpaired) electrons. The number of aromatic nitrogens is 4. The van der Waals surface area contributed by atoms with Crippen LogP contribution in [-0.2, 0) is 20.4 Å². The Hall–Kier alpha value is -5.02. The number of hydrogen-bond acceptors (Lipinski definition) is 8. The number of allylic oxidation sites excluding steroid dienone is 3. The molecule has 3 aromatic heterocycles. The van der Waals surface area contributed by atoms with E-state index in [2.05, 4.69) is 15.8 Å². The van der Waals surface area contributed by atoms with E-state index in [1.165, 1.54) is 12.4 Å². The van der Waals surface area contributed by atoms with Crippen LogP contribution in [0.2, 0.25) is 0 Å². The summed E-state index contributed by atoms with van der Waals surface area (Å²) < 4.78 is 35.1. The Morgan fingerprint density at radius 2 is 1.85 bits per heavy atom. The summed E-state index contributed by atoms with van der Waals surface area (Å²) in [4.78, 5) is 27.7. The molecule has 0 amide bonds. The summed E-state index contributed by atoms with van der Waals surface area (Å²) in [5.41, 5.74) is 2.85. The highest BCUT2D eigenvalue weighted by atomic mass is 32.2. The molecule has 11 heteroatoms. The number of anilines is 1. The van der Waals surface area contributed by atoms with E-state index in [1.807, 2.05) is 67.6 Å². The summed E-state index contributed by atoms with van der Waals surface area (Å²) in [5.74, 6) is 3.69. The molecule has 0 spiro atoms. The minimum absolute atomic E-state index is 0.00496. The first-order chi connectivity index (χ1) is 25.1. The van der Waals surface area contributed by atoms with Crippen molar-refractivity contribution in [2.75, 3.05) is 24.6 Å². The van der Waals surface area contributed by atoms with Gasteiger partial charge in [0.15, 0.2) is 5.60 Å². The zero-order valence-electron chi connectivity index (χ0n) is 29.2. The fraction of sp³-hybridized carbons (Fsp3) is 0.341. The number of pyridine rings is 1. The van der Waals surface area contributed by atoms with Crippen molar-refractivity contribution in [3.63, 3.8) is 0 Å². The Kier molecular flexibility index (Phi) is 8.44. The lowest BCUT2D eigenvalue weighted by Gasteiger charge is -2.35. The van der Waals surface area contributed by atoms with Crippen molar-refractivity contribution in [3.8, 4) is 12.3 Å². The van der Waals surface area contributed by atoms with Crippen LogP contribution in [0, 0.1) is 18.3 Å². The van der Waals surface area contributed by atoms with Crippen LogP contribution < -0.4 is 10.5 Å². The molecule has 1 saturated heterocycles. The van der Waals surface area contributed by atoms with Gasteiger partial charge in [0.2, 0.25) is 16.0 Å². The second-order valence-corrected chi connectivity index (χ2v) is 16.6. The number of benzene rings is 2. The van der Waals surface area contributed by atoms with E-state index < -0.39 is 25.9 Å². The molecule has 52 heavy (non-hydrogen) atoms. The van der Waals surface area contributed by atoms with Crippen LogP contribution in [0.5, 0.6) is 0 Å². The maximum Gasteiger partial charge on any atom is 0.273 e. The van der Waals surface area contributed by atoms with Crippen LogP contribution in [0.4, 0.5) is 5.95 Å². The van der Waals surface area contributed by atoms with Gasteiger partial charge in [0, 0.05) is 42.2 Å². The molecule has 2 aliphatic carbocycles. The Bertz CT molecular complexity index is 2470. The maximum atomic E-state index is 14.3. The van der Waals surface area contributed by atoms with Crippen molar-refractivity contribution in [1.82, 2.24) is 18.9 Å². The molecule has 1 aliphatic heterocycles. The second kappa shape index (κ2) is 12.9. The van der Waals surface area contributed by atoms with Gasteiger partial charge in [0.1, 0.15) is 10.3 Å². The molecule has 5 aromatic rings. The molecule has 0 bridgehead atoms. The predicted octanol–water partition coefficient (Wildman–Crippen LogP) is 5.91. The molecular formula is C41H41N5O5S. The van der Waals surface area contributed by atoms with Gasteiger partial charge in [-0.15, -0.1) is 12.3 Å². The first kappa shape index (κ1) is 34.1. The molecule has 2 N–H and O–H groups in total. The van der Waals surface area contributed by atoms with Gasteiger partial charge in [-0.25, -0.2) is 22.4 Å². The number of ether oxygens (including phenoxy) is 1. The standard InChI is InChI=1S/C41H41N5O5S/c1-4-28-16-21-45(22-17-28)39-43-35-13-10-30(25-34(35)37(44-39)41(26-47,51-33-11-12-33)32-8-6-5-7-9-32)31-14-19-40(3,27(2)24-31)52(49,50)46-23-18-29-15-20-42-38(48)36(29)46/h1,5-10,13-15,18,20,23-25,28,33,47H,11-12,16-17,19,21-22,26H2,2-3H3,(H,42,48). The highest BCUT2D eigenvalue weighted by molar-refractivity contribution is 7.91. The molecule has 2 aromatic carbocycles. The number of rotatable bonds is 9. The van der Waals surface area contributed by atoms with Gasteiger partial charge >= 0.3 is 0 Å². The van der Waals surface area contributed by atoms with E-state index >= 15 is 0 Å². The summed E-state index contributed by atoms with van der Waals surface area (Å²) >= 11 is 0. The van der Waals surface area contributed by atoms with Gasteiger partial charge in [-0.05, 0) is 92.5 Å².